The van der Waals surface area contributed by atoms with E-state index in [1.165, 1.54) is 0 Å². The van der Waals surface area contributed by atoms with Crippen LogP contribution in [0.4, 0.5) is 5.69 Å². The summed E-state index contributed by atoms with van der Waals surface area (Å²) in [6, 6.07) is 5.21. The summed E-state index contributed by atoms with van der Waals surface area (Å²) in [4.78, 5) is 20.9. The number of anilines is 1. The number of nitrogens with zero attached hydrogens (tertiary/aromatic N) is 4. The molecule has 27 heavy (non-hydrogen) atoms. The maximum atomic E-state index is 12.5. The van der Waals surface area contributed by atoms with Gasteiger partial charge in [0, 0.05) is 29.7 Å². The summed E-state index contributed by atoms with van der Waals surface area (Å²) in [5, 5.41) is 7.15. The van der Waals surface area contributed by atoms with Gasteiger partial charge in [0.05, 0.1) is 42.3 Å². The predicted molar refractivity (Wildman–Crippen MR) is 104 cm³/mol. The second kappa shape index (κ2) is 7.82. The highest BCUT2D eigenvalue weighted by molar-refractivity contribution is 6.05. The van der Waals surface area contributed by atoms with Gasteiger partial charge in [0.25, 0.3) is 5.91 Å². The number of amides is 1. The van der Waals surface area contributed by atoms with Gasteiger partial charge in [0.1, 0.15) is 0 Å². The number of fused-ring (bicyclic) bond motifs is 1. The lowest BCUT2D eigenvalue weighted by atomic mass is 10.1. The molecule has 2 heterocycles. The Kier molecular flexibility index (Phi) is 5.30. The normalized spacial score (nSPS) is 11.8. The lowest BCUT2D eigenvalue weighted by Gasteiger charge is -2.11. The molecule has 1 N–H and O–H groups in total. The molecule has 0 radical (unpaired) electrons. The van der Waals surface area contributed by atoms with E-state index in [9.17, 15) is 4.79 Å². The van der Waals surface area contributed by atoms with Crippen molar-refractivity contribution < 1.29 is 9.53 Å². The largest absolute Gasteiger partial charge is 0.501 e. The number of rotatable bonds is 6. The van der Waals surface area contributed by atoms with E-state index < -0.39 is 0 Å². The zero-order chi connectivity index (χ0) is 19.4. The molecule has 0 aliphatic heterocycles. The number of ether oxygens (including phenoxy) is 1. The Morgan fingerprint density at radius 3 is 2.67 bits per heavy atom. The van der Waals surface area contributed by atoms with Crippen molar-refractivity contribution in [2.24, 2.45) is 0 Å². The molecule has 0 aliphatic rings. The van der Waals surface area contributed by atoms with Crippen molar-refractivity contribution in [1.82, 2.24) is 19.7 Å². The zero-order valence-electron chi connectivity index (χ0n) is 15.6. The van der Waals surface area contributed by atoms with Crippen molar-refractivity contribution in [1.29, 1.82) is 0 Å². The van der Waals surface area contributed by atoms with Gasteiger partial charge in [-0.05, 0) is 37.6 Å². The molecule has 0 atom stereocenters. The molecule has 0 bridgehead atoms. The number of benzene rings is 1. The summed E-state index contributed by atoms with van der Waals surface area (Å²) in [6.45, 7) is 8.30. The van der Waals surface area contributed by atoms with Crippen molar-refractivity contribution in [2.45, 2.75) is 20.4 Å². The molecular formula is C20H21N5O2. The lowest BCUT2D eigenvalue weighted by molar-refractivity contribution is 0.102. The molecule has 7 heteroatoms. The number of carbonyl (C=O) groups excluding carboxylic acids is 1. The maximum Gasteiger partial charge on any atom is 0.255 e. The highest BCUT2D eigenvalue weighted by Gasteiger charge is 2.11. The van der Waals surface area contributed by atoms with Gasteiger partial charge in [0.15, 0.2) is 0 Å². The minimum absolute atomic E-state index is 0.231. The van der Waals surface area contributed by atoms with Crippen molar-refractivity contribution >= 4 is 22.6 Å². The third-order valence-corrected chi connectivity index (χ3v) is 4.19. The summed E-state index contributed by atoms with van der Waals surface area (Å²) in [5.74, 6) is 0.562. The van der Waals surface area contributed by atoms with Crippen molar-refractivity contribution in [3.63, 3.8) is 0 Å². The van der Waals surface area contributed by atoms with Crippen LogP contribution in [-0.2, 0) is 11.3 Å². The molecule has 7 nitrogen and oxygen atoms in total. The topological polar surface area (TPSA) is 81.9 Å². The Bertz CT molecular complexity index is 1040. The smallest absolute Gasteiger partial charge is 0.255 e. The first-order valence-electron chi connectivity index (χ1n) is 8.42. The average Bonchev–Trinajstić information content (AvgIpc) is 3.11. The molecule has 1 aromatic carbocycles. The molecule has 0 spiro atoms. The average molecular weight is 363 g/mol. The summed E-state index contributed by atoms with van der Waals surface area (Å²) < 4.78 is 7.04. The van der Waals surface area contributed by atoms with E-state index in [0.717, 1.165) is 22.4 Å². The Balaban J connectivity index is 1.74. The number of hydrogen-bond acceptors (Lipinski definition) is 5. The Hall–Kier alpha value is -3.48. The van der Waals surface area contributed by atoms with Gasteiger partial charge < -0.3 is 10.1 Å². The van der Waals surface area contributed by atoms with Crippen LogP contribution in [0.2, 0.25) is 0 Å². The Morgan fingerprint density at radius 1 is 1.22 bits per heavy atom. The van der Waals surface area contributed by atoms with Gasteiger partial charge in [-0.25, -0.2) is 0 Å². The van der Waals surface area contributed by atoms with Crippen molar-refractivity contribution in [2.75, 3.05) is 12.4 Å². The molecule has 2 aromatic heterocycles. The second-order valence-corrected chi connectivity index (χ2v) is 6.16. The van der Waals surface area contributed by atoms with Gasteiger partial charge in [-0.1, -0.05) is 6.58 Å². The van der Waals surface area contributed by atoms with Gasteiger partial charge >= 0.3 is 0 Å². The van der Waals surface area contributed by atoms with Gasteiger partial charge in [-0.2, -0.15) is 5.10 Å². The quantitative estimate of drug-likeness (QED) is 0.535. The number of hydrogen-bond donors (Lipinski definition) is 1. The van der Waals surface area contributed by atoms with Crippen LogP contribution in [0.25, 0.3) is 11.0 Å². The molecule has 0 unspecified atom stereocenters. The zero-order valence-corrected chi connectivity index (χ0v) is 15.6. The summed E-state index contributed by atoms with van der Waals surface area (Å²) in [5.41, 5.74) is 4.41. The Labute approximate surface area is 157 Å². The summed E-state index contributed by atoms with van der Waals surface area (Å²) >= 11 is 0. The van der Waals surface area contributed by atoms with E-state index in [1.807, 2.05) is 13.8 Å². The first kappa shape index (κ1) is 18.3. The highest BCUT2D eigenvalue weighted by atomic mass is 16.5. The number of allylic oxidation sites excluding steroid dienone is 3. The van der Waals surface area contributed by atoms with Gasteiger partial charge in [-0.15, -0.1) is 0 Å². The molecule has 0 fully saturated rings. The van der Waals surface area contributed by atoms with E-state index in [2.05, 4.69) is 27.0 Å². The van der Waals surface area contributed by atoms with Crippen LogP contribution >= 0.6 is 0 Å². The first-order valence-corrected chi connectivity index (χ1v) is 8.42. The molecule has 0 aliphatic carbocycles. The monoisotopic (exact) mass is 363 g/mol. The van der Waals surface area contributed by atoms with Crippen LogP contribution in [0, 0.1) is 0 Å². The minimum Gasteiger partial charge on any atom is -0.501 e. The second-order valence-electron chi connectivity index (χ2n) is 6.16. The molecule has 3 rings (SSSR count). The van der Waals surface area contributed by atoms with Crippen LogP contribution in [0.3, 0.4) is 0 Å². The molecular weight excluding hydrogens is 342 g/mol. The molecule has 0 saturated heterocycles. The first-order chi connectivity index (χ1) is 13.0. The molecule has 138 valence electrons. The summed E-state index contributed by atoms with van der Waals surface area (Å²) in [6.07, 6.45) is 6.60. The number of nitrogens with one attached hydrogen (secondary N) is 1. The van der Waals surface area contributed by atoms with Gasteiger partial charge in [0.2, 0.25) is 0 Å². The predicted octanol–water partition coefficient (Wildman–Crippen LogP) is 3.58. The van der Waals surface area contributed by atoms with Crippen LogP contribution in [0.15, 0.2) is 66.5 Å². The van der Waals surface area contributed by atoms with E-state index in [0.29, 0.717) is 23.3 Å². The third-order valence-electron chi connectivity index (χ3n) is 4.19. The van der Waals surface area contributed by atoms with E-state index in [-0.39, 0.29) is 5.91 Å². The maximum absolute atomic E-state index is 12.5. The number of methoxy groups -OCH3 is 1. The third kappa shape index (κ3) is 4.20. The van der Waals surface area contributed by atoms with Crippen LogP contribution in [0.5, 0.6) is 0 Å². The number of carbonyl (C=O) groups is 1. The summed E-state index contributed by atoms with van der Waals surface area (Å²) in [7, 11) is 1.63. The highest BCUT2D eigenvalue weighted by Crippen LogP contribution is 2.18. The SMILES string of the molecule is C=C(C)/C(Cn1cc(NC(=O)c2ccc3nccnc3c2)cn1)=C(/C)OC. The van der Waals surface area contributed by atoms with Crippen molar-refractivity contribution in [3.8, 4) is 0 Å². The fourth-order valence-electron chi connectivity index (χ4n) is 2.65. The van der Waals surface area contributed by atoms with Crippen LogP contribution in [-0.4, -0.2) is 32.8 Å². The van der Waals surface area contributed by atoms with Gasteiger partial charge in [-0.3, -0.25) is 19.4 Å². The number of aromatic nitrogens is 4. The standard InChI is InChI=1S/C20H21N5O2/c1-13(2)17(14(3)27-4)12-25-11-16(10-23-25)24-20(26)15-5-6-18-19(9-15)22-8-7-21-18/h5-11H,1,12H2,2-4H3,(H,24,26)/b17-14-. The fraction of sp³-hybridized carbons (Fsp3) is 0.200. The lowest BCUT2D eigenvalue weighted by Crippen LogP contribution is -2.11. The van der Waals surface area contributed by atoms with Crippen LogP contribution in [0.1, 0.15) is 24.2 Å². The molecule has 3 aromatic rings. The Morgan fingerprint density at radius 2 is 1.96 bits per heavy atom. The van der Waals surface area contributed by atoms with E-state index in [4.69, 9.17) is 4.74 Å². The van der Waals surface area contributed by atoms with E-state index >= 15 is 0 Å². The molecule has 1 amide bonds. The minimum atomic E-state index is -0.231. The fourth-order valence-corrected chi connectivity index (χ4v) is 2.65. The van der Waals surface area contributed by atoms with E-state index in [1.54, 1.807) is 54.8 Å². The van der Waals surface area contributed by atoms with Crippen molar-refractivity contribution in [3.05, 3.63) is 72.0 Å². The molecule has 0 saturated carbocycles. The van der Waals surface area contributed by atoms with Crippen LogP contribution < -0.4 is 5.32 Å².